The van der Waals surface area contributed by atoms with Crippen molar-refractivity contribution in [3.05, 3.63) is 35.3 Å². The largest absolute Gasteiger partial charge is 0.493 e. The molecule has 0 saturated heterocycles. The molecule has 1 aliphatic rings. The summed E-state index contributed by atoms with van der Waals surface area (Å²) in [7, 11) is 0. The Morgan fingerprint density at radius 1 is 1.31 bits per heavy atom. The van der Waals surface area contributed by atoms with E-state index in [2.05, 4.69) is 10.3 Å². The molecule has 1 heterocycles. The molecule has 1 fully saturated rings. The van der Waals surface area contributed by atoms with Gasteiger partial charge < -0.3 is 14.8 Å². The molecule has 0 atom stereocenters. The lowest BCUT2D eigenvalue weighted by atomic mass is 10.2. The topological polar surface area (TPSA) is 77.5 Å². The first-order valence-corrected chi connectivity index (χ1v) is 9.62. The highest BCUT2D eigenvalue weighted by molar-refractivity contribution is 7.13. The number of aromatic nitrogens is 1. The molecule has 0 aliphatic heterocycles. The number of carbonyl (C=O) groups excluding carboxylic acids is 2. The molecular weight excluding hydrogens is 352 g/mol. The maximum Gasteiger partial charge on any atom is 0.325 e. The summed E-state index contributed by atoms with van der Waals surface area (Å²) in [6.45, 7) is 2.87. The van der Waals surface area contributed by atoms with Crippen LogP contribution in [0.3, 0.4) is 0 Å². The van der Waals surface area contributed by atoms with Crippen LogP contribution < -0.4 is 10.1 Å². The SMILES string of the molecule is CCOc1ccccc1-c1nc(CC(=O)NCC(=O)OCC2CC2)cs1. The summed E-state index contributed by atoms with van der Waals surface area (Å²) < 4.78 is 10.7. The lowest BCUT2D eigenvalue weighted by Gasteiger charge is -2.07. The van der Waals surface area contributed by atoms with E-state index in [4.69, 9.17) is 9.47 Å². The maximum atomic E-state index is 12.0. The minimum Gasteiger partial charge on any atom is -0.493 e. The molecule has 0 unspecified atom stereocenters. The number of nitrogens with one attached hydrogen (secondary N) is 1. The van der Waals surface area contributed by atoms with Gasteiger partial charge in [-0.1, -0.05) is 12.1 Å². The molecule has 1 aromatic heterocycles. The number of benzene rings is 1. The number of rotatable bonds is 9. The van der Waals surface area contributed by atoms with E-state index in [1.807, 2.05) is 36.6 Å². The van der Waals surface area contributed by atoms with Crippen LogP contribution in [-0.4, -0.2) is 36.6 Å². The van der Waals surface area contributed by atoms with Gasteiger partial charge in [0.05, 0.1) is 30.9 Å². The summed E-state index contributed by atoms with van der Waals surface area (Å²) in [4.78, 5) is 28.1. The van der Waals surface area contributed by atoms with Gasteiger partial charge in [-0.2, -0.15) is 0 Å². The molecule has 1 aromatic carbocycles. The van der Waals surface area contributed by atoms with Crippen molar-refractivity contribution in [1.29, 1.82) is 0 Å². The fourth-order valence-electron chi connectivity index (χ4n) is 2.38. The second kappa shape index (κ2) is 8.80. The highest BCUT2D eigenvalue weighted by Gasteiger charge is 2.23. The number of nitrogens with zero attached hydrogens (tertiary/aromatic N) is 1. The van der Waals surface area contributed by atoms with E-state index in [0.29, 0.717) is 24.8 Å². The second-order valence-corrected chi connectivity index (χ2v) is 7.01. The Hall–Kier alpha value is -2.41. The first-order valence-electron chi connectivity index (χ1n) is 8.74. The zero-order valence-electron chi connectivity index (χ0n) is 14.7. The molecule has 1 amide bonds. The summed E-state index contributed by atoms with van der Waals surface area (Å²) in [5.41, 5.74) is 1.58. The molecule has 1 saturated carbocycles. The van der Waals surface area contributed by atoms with Crippen molar-refractivity contribution >= 4 is 23.2 Å². The third-order valence-corrected chi connectivity index (χ3v) is 4.84. The predicted molar refractivity (Wildman–Crippen MR) is 99.1 cm³/mol. The number of ether oxygens (including phenoxy) is 2. The van der Waals surface area contributed by atoms with Gasteiger partial charge >= 0.3 is 5.97 Å². The highest BCUT2D eigenvalue weighted by atomic mass is 32.1. The van der Waals surface area contributed by atoms with Crippen molar-refractivity contribution in [3.8, 4) is 16.3 Å². The zero-order chi connectivity index (χ0) is 18.4. The summed E-state index contributed by atoms with van der Waals surface area (Å²) in [5, 5.41) is 5.24. The number of carbonyl (C=O) groups is 2. The monoisotopic (exact) mass is 374 g/mol. The first kappa shape index (κ1) is 18.4. The normalized spacial score (nSPS) is 13.3. The van der Waals surface area contributed by atoms with Crippen molar-refractivity contribution < 1.29 is 19.1 Å². The van der Waals surface area contributed by atoms with E-state index in [0.717, 1.165) is 29.2 Å². The fourth-order valence-corrected chi connectivity index (χ4v) is 3.23. The van der Waals surface area contributed by atoms with Gasteiger partial charge in [0.25, 0.3) is 0 Å². The molecule has 138 valence electrons. The summed E-state index contributed by atoms with van der Waals surface area (Å²) in [6.07, 6.45) is 2.37. The van der Waals surface area contributed by atoms with Crippen molar-refractivity contribution in [3.63, 3.8) is 0 Å². The lowest BCUT2D eigenvalue weighted by molar-refractivity contribution is -0.144. The van der Waals surface area contributed by atoms with E-state index >= 15 is 0 Å². The van der Waals surface area contributed by atoms with E-state index in [1.165, 1.54) is 11.3 Å². The van der Waals surface area contributed by atoms with Crippen LogP contribution in [0.25, 0.3) is 10.6 Å². The summed E-state index contributed by atoms with van der Waals surface area (Å²) in [6, 6.07) is 7.70. The molecule has 3 rings (SSSR count). The molecule has 7 heteroatoms. The Morgan fingerprint density at radius 2 is 2.12 bits per heavy atom. The summed E-state index contributed by atoms with van der Waals surface area (Å²) >= 11 is 1.46. The Balaban J connectivity index is 1.51. The first-order chi connectivity index (χ1) is 12.7. The standard InChI is InChI=1S/C19H22N2O4S/c1-2-24-16-6-4-3-5-15(16)19-21-14(12-26-19)9-17(22)20-10-18(23)25-11-13-7-8-13/h3-6,12-13H,2,7-11H2,1H3,(H,20,22). The Kier molecular flexibility index (Phi) is 6.22. The van der Waals surface area contributed by atoms with Crippen LogP contribution in [0.1, 0.15) is 25.5 Å². The molecular formula is C19H22N2O4S. The molecule has 6 nitrogen and oxygen atoms in total. The van der Waals surface area contributed by atoms with Gasteiger partial charge in [0.15, 0.2) is 0 Å². The van der Waals surface area contributed by atoms with Crippen molar-refractivity contribution in [2.75, 3.05) is 19.8 Å². The van der Waals surface area contributed by atoms with E-state index in [-0.39, 0.29) is 18.9 Å². The van der Waals surface area contributed by atoms with E-state index < -0.39 is 5.97 Å². The lowest BCUT2D eigenvalue weighted by Crippen LogP contribution is -2.32. The third-order valence-electron chi connectivity index (χ3n) is 3.92. The van der Waals surface area contributed by atoms with Gasteiger partial charge in [-0.3, -0.25) is 9.59 Å². The molecule has 26 heavy (non-hydrogen) atoms. The highest BCUT2D eigenvalue weighted by Crippen LogP contribution is 2.32. The van der Waals surface area contributed by atoms with E-state index in [1.54, 1.807) is 0 Å². The fraction of sp³-hybridized carbons (Fsp3) is 0.421. The van der Waals surface area contributed by atoms with Crippen LogP contribution in [0.4, 0.5) is 0 Å². The predicted octanol–water partition coefficient (Wildman–Crippen LogP) is 2.82. The van der Waals surface area contributed by atoms with E-state index in [9.17, 15) is 9.59 Å². The Bertz CT molecular complexity index is 770. The average molecular weight is 374 g/mol. The van der Waals surface area contributed by atoms with Crippen LogP contribution in [0.2, 0.25) is 0 Å². The van der Waals surface area contributed by atoms with Gasteiger partial charge in [-0.15, -0.1) is 11.3 Å². The van der Waals surface area contributed by atoms with Gasteiger partial charge in [-0.25, -0.2) is 4.98 Å². The molecule has 0 spiro atoms. The number of hydrogen-bond acceptors (Lipinski definition) is 6. The molecule has 2 aromatic rings. The number of amides is 1. The minimum atomic E-state index is -0.394. The smallest absolute Gasteiger partial charge is 0.325 e. The number of para-hydroxylation sites is 1. The van der Waals surface area contributed by atoms with Crippen LogP contribution in [-0.2, 0) is 20.7 Å². The Morgan fingerprint density at radius 3 is 2.88 bits per heavy atom. The number of esters is 1. The molecule has 0 radical (unpaired) electrons. The van der Waals surface area contributed by atoms with Gasteiger partial charge in [0.2, 0.25) is 5.91 Å². The Labute approximate surface area is 156 Å². The van der Waals surface area contributed by atoms with Crippen molar-refractivity contribution in [1.82, 2.24) is 10.3 Å². The van der Waals surface area contributed by atoms with Gasteiger partial charge in [0, 0.05) is 5.38 Å². The average Bonchev–Trinajstić information content (AvgIpc) is 3.37. The number of thiazole rings is 1. The van der Waals surface area contributed by atoms with Crippen molar-refractivity contribution in [2.45, 2.75) is 26.2 Å². The second-order valence-electron chi connectivity index (χ2n) is 6.15. The maximum absolute atomic E-state index is 12.0. The van der Waals surface area contributed by atoms with Crippen molar-refractivity contribution in [2.24, 2.45) is 5.92 Å². The summed E-state index contributed by atoms with van der Waals surface area (Å²) in [5.74, 6) is 0.652. The molecule has 0 bridgehead atoms. The van der Waals surface area contributed by atoms with Crippen LogP contribution in [0.15, 0.2) is 29.6 Å². The van der Waals surface area contributed by atoms with Crippen LogP contribution >= 0.6 is 11.3 Å². The molecule has 1 aliphatic carbocycles. The number of hydrogen-bond donors (Lipinski definition) is 1. The molecule has 1 N–H and O–H groups in total. The van der Waals surface area contributed by atoms with Crippen LogP contribution in [0, 0.1) is 5.92 Å². The third kappa shape index (κ3) is 5.29. The zero-order valence-corrected chi connectivity index (χ0v) is 15.5. The van der Waals surface area contributed by atoms with Crippen LogP contribution in [0.5, 0.6) is 5.75 Å². The van der Waals surface area contributed by atoms with Gasteiger partial charge in [0.1, 0.15) is 17.3 Å². The van der Waals surface area contributed by atoms with Gasteiger partial charge in [-0.05, 0) is 37.8 Å². The quantitative estimate of drug-likeness (QED) is 0.683. The minimum absolute atomic E-state index is 0.101.